The maximum atomic E-state index is 6.03. The molecule has 0 radical (unpaired) electrons. The highest BCUT2D eigenvalue weighted by atomic mass is 35.5. The van der Waals surface area contributed by atoms with Crippen LogP contribution in [0, 0.1) is 0 Å². The summed E-state index contributed by atoms with van der Waals surface area (Å²) in [6.07, 6.45) is 2.81. The van der Waals surface area contributed by atoms with E-state index in [1.807, 2.05) is 30.5 Å². The standard InChI is InChI=1S/C19H12ClN3O/c20-13-6-3-5-12(8-13)18-22-23-19(24-18)16-10-21-17-14-7-2-1-4-11(14)9-15(16)17/h1-8,10,21H,9H2. The monoisotopic (exact) mass is 333 g/mol. The molecule has 0 amide bonds. The van der Waals surface area contributed by atoms with Crippen LogP contribution in [0.1, 0.15) is 11.1 Å². The smallest absolute Gasteiger partial charge is 0.250 e. The maximum Gasteiger partial charge on any atom is 0.250 e. The molecule has 0 saturated carbocycles. The lowest BCUT2D eigenvalue weighted by Gasteiger charge is -1.97. The van der Waals surface area contributed by atoms with Crippen molar-refractivity contribution in [2.75, 3.05) is 0 Å². The highest BCUT2D eigenvalue weighted by Crippen LogP contribution is 2.41. The van der Waals surface area contributed by atoms with Gasteiger partial charge in [-0.1, -0.05) is 41.9 Å². The predicted octanol–water partition coefficient (Wildman–Crippen LogP) is 4.96. The van der Waals surface area contributed by atoms with Gasteiger partial charge in [-0.05, 0) is 29.3 Å². The van der Waals surface area contributed by atoms with Gasteiger partial charge in [0.05, 0.1) is 11.3 Å². The van der Waals surface area contributed by atoms with Gasteiger partial charge in [-0.3, -0.25) is 0 Å². The Labute approximate surface area is 143 Å². The van der Waals surface area contributed by atoms with Gasteiger partial charge in [-0.15, -0.1) is 10.2 Å². The molecule has 1 N–H and O–H groups in total. The molecule has 5 rings (SSSR count). The van der Waals surface area contributed by atoms with E-state index in [4.69, 9.17) is 16.0 Å². The molecule has 0 saturated heterocycles. The molecular weight excluding hydrogens is 322 g/mol. The van der Waals surface area contributed by atoms with E-state index in [2.05, 4.69) is 39.4 Å². The summed E-state index contributed by atoms with van der Waals surface area (Å²) in [6.45, 7) is 0. The second-order valence-electron chi connectivity index (χ2n) is 5.81. The van der Waals surface area contributed by atoms with Crippen molar-refractivity contribution < 1.29 is 4.42 Å². The zero-order valence-electron chi connectivity index (χ0n) is 12.6. The summed E-state index contributed by atoms with van der Waals surface area (Å²) >= 11 is 6.03. The van der Waals surface area contributed by atoms with Gasteiger partial charge < -0.3 is 9.40 Å². The van der Waals surface area contributed by atoms with Crippen LogP contribution in [0.4, 0.5) is 0 Å². The van der Waals surface area contributed by atoms with E-state index < -0.39 is 0 Å². The largest absolute Gasteiger partial charge is 0.416 e. The lowest BCUT2D eigenvalue weighted by atomic mass is 10.1. The van der Waals surface area contributed by atoms with Crippen LogP contribution in [0.2, 0.25) is 5.02 Å². The molecule has 116 valence electrons. The summed E-state index contributed by atoms with van der Waals surface area (Å²) in [7, 11) is 0. The third-order valence-electron chi connectivity index (χ3n) is 4.37. The molecule has 2 heterocycles. The molecule has 0 fully saturated rings. The Morgan fingerprint density at radius 1 is 0.958 bits per heavy atom. The number of aromatic amines is 1. The van der Waals surface area contributed by atoms with Gasteiger partial charge >= 0.3 is 0 Å². The fourth-order valence-corrected chi connectivity index (χ4v) is 3.44. The molecule has 0 atom stereocenters. The molecule has 0 spiro atoms. The fourth-order valence-electron chi connectivity index (χ4n) is 3.25. The van der Waals surface area contributed by atoms with Crippen molar-refractivity contribution in [3.05, 3.63) is 70.9 Å². The number of H-pyrrole nitrogens is 1. The van der Waals surface area contributed by atoms with Crippen LogP contribution in [0.25, 0.3) is 34.2 Å². The first-order valence-electron chi connectivity index (χ1n) is 7.68. The average Bonchev–Trinajstić information content (AvgIpc) is 3.29. The molecule has 2 aromatic carbocycles. The molecule has 4 nitrogen and oxygen atoms in total. The van der Waals surface area contributed by atoms with E-state index in [0.29, 0.717) is 16.8 Å². The van der Waals surface area contributed by atoms with Gasteiger partial charge in [0.25, 0.3) is 0 Å². The minimum atomic E-state index is 0.470. The zero-order chi connectivity index (χ0) is 16.1. The third kappa shape index (κ3) is 2.00. The first-order valence-corrected chi connectivity index (χ1v) is 8.06. The molecule has 0 bridgehead atoms. The van der Waals surface area contributed by atoms with E-state index in [1.54, 1.807) is 0 Å². The Hall–Kier alpha value is -2.85. The number of hydrogen-bond acceptors (Lipinski definition) is 3. The molecular formula is C19H12ClN3O. The van der Waals surface area contributed by atoms with Crippen molar-refractivity contribution in [1.29, 1.82) is 0 Å². The number of fused-ring (bicyclic) bond motifs is 3. The molecule has 4 aromatic rings. The molecule has 0 unspecified atom stereocenters. The number of rotatable bonds is 2. The van der Waals surface area contributed by atoms with Gasteiger partial charge in [0.2, 0.25) is 11.8 Å². The van der Waals surface area contributed by atoms with Crippen molar-refractivity contribution in [2.45, 2.75) is 6.42 Å². The number of halogens is 1. The summed E-state index contributed by atoms with van der Waals surface area (Å²) in [5, 5.41) is 9.04. The molecule has 1 aliphatic rings. The average molecular weight is 334 g/mol. The van der Waals surface area contributed by atoms with Crippen LogP contribution in [0.15, 0.2) is 59.1 Å². The summed E-state index contributed by atoms with van der Waals surface area (Å²) < 4.78 is 5.89. The number of nitrogens with one attached hydrogen (secondary N) is 1. The number of nitrogens with zero attached hydrogens (tertiary/aromatic N) is 2. The maximum absolute atomic E-state index is 6.03. The highest BCUT2D eigenvalue weighted by Gasteiger charge is 2.25. The molecule has 1 aliphatic carbocycles. The van der Waals surface area contributed by atoms with Crippen LogP contribution in [-0.4, -0.2) is 15.2 Å². The second-order valence-corrected chi connectivity index (χ2v) is 6.25. The van der Waals surface area contributed by atoms with E-state index in [9.17, 15) is 0 Å². The van der Waals surface area contributed by atoms with Gasteiger partial charge in [-0.25, -0.2) is 0 Å². The van der Waals surface area contributed by atoms with Crippen LogP contribution in [0.3, 0.4) is 0 Å². The Bertz CT molecular complexity index is 1060. The van der Waals surface area contributed by atoms with Gasteiger partial charge in [0, 0.05) is 28.8 Å². The van der Waals surface area contributed by atoms with E-state index in [0.717, 1.165) is 23.2 Å². The Kier molecular flexibility index (Phi) is 2.87. The Morgan fingerprint density at radius 2 is 1.83 bits per heavy atom. The van der Waals surface area contributed by atoms with Crippen LogP contribution < -0.4 is 0 Å². The van der Waals surface area contributed by atoms with Crippen molar-refractivity contribution in [3.63, 3.8) is 0 Å². The van der Waals surface area contributed by atoms with Gasteiger partial charge in [0.1, 0.15) is 0 Å². The summed E-state index contributed by atoms with van der Waals surface area (Å²) in [5.41, 5.74) is 6.68. The topological polar surface area (TPSA) is 54.7 Å². The lowest BCUT2D eigenvalue weighted by Crippen LogP contribution is -1.83. The van der Waals surface area contributed by atoms with Gasteiger partial charge in [0.15, 0.2) is 0 Å². The van der Waals surface area contributed by atoms with Crippen molar-refractivity contribution in [1.82, 2.24) is 15.2 Å². The fraction of sp³-hybridized carbons (Fsp3) is 0.0526. The van der Waals surface area contributed by atoms with Crippen LogP contribution in [0.5, 0.6) is 0 Å². The van der Waals surface area contributed by atoms with Crippen LogP contribution >= 0.6 is 11.6 Å². The number of hydrogen-bond donors (Lipinski definition) is 1. The highest BCUT2D eigenvalue weighted by molar-refractivity contribution is 6.30. The van der Waals surface area contributed by atoms with E-state index in [1.165, 1.54) is 16.7 Å². The lowest BCUT2D eigenvalue weighted by molar-refractivity contribution is 0.584. The number of benzene rings is 2. The van der Waals surface area contributed by atoms with E-state index >= 15 is 0 Å². The SMILES string of the molecule is Clc1cccc(-c2nnc(-c3c[nH]c4c3Cc3ccccc3-4)o2)c1. The van der Waals surface area contributed by atoms with Crippen LogP contribution in [-0.2, 0) is 6.42 Å². The number of aromatic nitrogens is 3. The molecule has 5 heteroatoms. The summed E-state index contributed by atoms with van der Waals surface area (Å²) in [6, 6.07) is 15.8. The quantitative estimate of drug-likeness (QED) is 0.497. The molecule has 0 aliphatic heterocycles. The van der Waals surface area contributed by atoms with Crippen molar-refractivity contribution in [3.8, 4) is 34.2 Å². The molecule has 24 heavy (non-hydrogen) atoms. The zero-order valence-corrected chi connectivity index (χ0v) is 13.3. The first-order chi connectivity index (χ1) is 11.8. The normalized spacial score (nSPS) is 12.2. The first kappa shape index (κ1) is 13.6. The minimum Gasteiger partial charge on any atom is -0.416 e. The van der Waals surface area contributed by atoms with Crippen molar-refractivity contribution >= 4 is 11.6 Å². The Balaban J connectivity index is 1.57. The van der Waals surface area contributed by atoms with E-state index in [-0.39, 0.29) is 0 Å². The predicted molar refractivity (Wildman–Crippen MR) is 92.8 cm³/mol. The summed E-state index contributed by atoms with van der Waals surface area (Å²) in [4.78, 5) is 3.35. The second kappa shape index (κ2) is 5.08. The molecule has 2 aromatic heterocycles. The Morgan fingerprint density at radius 3 is 2.75 bits per heavy atom. The summed E-state index contributed by atoms with van der Waals surface area (Å²) in [5.74, 6) is 0.994. The minimum absolute atomic E-state index is 0.470. The van der Waals surface area contributed by atoms with Gasteiger partial charge in [-0.2, -0.15) is 0 Å². The third-order valence-corrected chi connectivity index (χ3v) is 4.60. The van der Waals surface area contributed by atoms with Crippen molar-refractivity contribution in [2.24, 2.45) is 0 Å².